The molecule has 3 rings (SSSR count). The van der Waals surface area contributed by atoms with Crippen LogP contribution in [0, 0.1) is 0 Å². The fourth-order valence-electron chi connectivity index (χ4n) is 3.28. The van der Waals surface area contributed by atoms with Crippen molar-refractivity contribution in [3.05, 3.63) is 59.7 Å². The van der Waals surface area contributed by atoms with Gasteiger partial charge in [0.1, 0.15) is 0 Å². The number of anilines is 2. The van der Waals surface area contributed by atoms with E-state index in [1.165, 1.54) is 6.42 Å². The van der Waals surface area contributed by atoms with Crippen LogP contribution in [-0.2, 0) is 11.3 Å². The number of benzene rings is 2. The maximum Gasteiger partial charge on any atom is 0.257 e. The molecule has 0 aromatic heterocycles. The van der Waals surface area contributed by atoms with E-state index >= 15 is 0 Å². The number of carbonyl (C=O) groups is 2. The third-order valence-corrected chi connectivity index (χ3v) is 5.10. The van der Waals surface area contributed by atoms with Crippen molar-refractivity contribution in [2.45, 2.75) is 30.6 Å². The molecule has 0 saturated carbocycles. The Balaban J connectivity index is 1.82. The molecule has 0 radical (unpaired) electrons. The summed E-state index contributed by atoms with van der Waals surface area (Å²) in [4.78, 5) is 25.8. The molecule has 1 fully saturated rings. The predicted molar refractivity (Wildman–Crippen MR) is 114 cm³/mol. The minimum Gasteiger partial charge on any atom is -0.371 e. The summed E-state index contributed by atoms with van der Waals surface area (Å²) in [6.45, 7) is 2.26. The Bertz CT molecular complexity index is 822. The number of alkyl halides is 2. The highest BCUT2D eigenvalue weighted by molar-refractivity contribution is 6.54. The van der Waals surface area contributed by atoms with Crippen LogP contribution in [0.25, 0.3) is 0 Å². The molecule has 2 aromatic rings. The van der Waals surface area contributed by atoms with Crippen LogP contribution in [0.3, 0.4) is 0 Å². The normalized spacial score (nSPS) is 14.0. The van der Waals surface area contributed by atoms with Crippen molar-refractivity contribution in [1.82, 2.24) is 5.32 Å². The van der Waals surface area contributed by atoms with Crippen LogP contribution >= 0.6 is 23.2 Å². The van der Waals surface area contributed by atoms with E-state index in [1.807, 2.05) is 36.4 Å². The van der Waals surface area contributed by atoms with Gasteiger partial charge in [-0.1, -0.05) is 53.5 Å². The van der Waals surface area contributed by atoms with Crippen molar-refractivity contribution in [2.75, 3.05) is 23.3 Å². The van der Waals surface area contributed by atoms with Crippen LogP contribution in [0.15, 0.2) is 48.5 Å². The molecule has 5 nitrogen and oxygen atoms in total. The number of amides is 2. The third kappa shape index (κ3) is 5.40. The van der Waals surface area contributed by atoms with Crippen LogP contribution in [0.2, 0.25) is 0 Å². The van der Waals surface area contributed by atoms with E-state index in [9.17, 15) is 9.59 Å². The van der Waals surface area contributed by atoms with E-state index in [-0.39, 0.29) is 5.91 Å². The lowest BCUT2D eigenvalue weighted by Crippen LogP contribution is -2.32. The van der Waals surface area contributed by atoms with Gasteiger partial charge in [0.25, 0.3) is 11.8 Å². The molecule has 0 atom stereocenters. The largest absolute Gasteiger partial charge is 0.371 e. The molecule has 2 aromatic carbocycles. The zero-order valence-corrected chi connectivity index (χ0v) is 17.0. The molecule has 0 aliphatic carbocycles. The van der Waals surface area contributed by atoms with Crippen molar-refractivity contribution in [1.29, 1.82) is 0 Å². The maximum atomic E-state index is 13.0. The molecule has 1 aliphatic heterocycles. The molecule has 28 heavy (non-hydrogen) atoms. The quantitative estimate of drug-likeness (QED) is 0.684. The first-order valence-electron chi connectivity index (χ1n) is 9.35. The van der Waals surface area contributed by atoms with Gasteiger partial charge in [0.15, 0.2) is 4.84 Å². The Morgan fingerprint density at radius 1 is 1.00 bits per heavy atom. The highest BCUT2D eigenvalue weighted by Gasteiger charge is 2.20. The monoisotopic (exact) mass is 419 g/mol. The van der Waals surface area contributed by atoms with Gasteiger partial charge in [-0.05, 0) is 43.0 Å². The van der Waals surface area contributed by atoms with Gasteiger partial charge < -0.3 is 15.5 Å². The summed E-state index contributed by atoms with van der Waals surface area (Å²) in [5.41, 5.74) is 2.90. The van der Waals surface area contributed by atoms with Gasteiger partial charge in [-0.3, -0.25) is 9.59 Å². The number of piperidine rings is 1. The predicted octanol–water partition coefficient (Wildman–Crippen LogP) is 4.35. The zero-order chi connectivity index (χ0) is 19.9. The molecule has 7 heteroatoms. The Kier molecular flexibility index (Phi) is 7.18. The van der Waals surface area contributed by atoms with Crippen molar-refractivity contribution >= 4 is 46.4 Å². The number of rotatable bonds is 6. The number of nitrogens with zero attached hydrogens (tertiary/aromatic N) is 1. The van der Waals surface area contributed by atoms with E-state index < -0.39 is 10.7 Å². The molecule has 148 valence electrons. The van der Waals surface area contributed by atoms with Crippen LogP contribution < -0.4 is 15.5 Å². The molecular formula is C21H23Cl2N3O2. The summed E-state index contributed by atoms with van der Waals surface area (Å²) in [6.07, 6.45) is 3.40. The van der Waals surface area contributed by atoms with Crippen molar-refractivity contribution in [3.63, 3.8) is 0 Å². The van der Waals surface area contributed by atoms with Gasteiger partial charge in [-0.15, -0.1) is 0 Å². The summed E-state index contributed by atoms with van der Waals surface area (Å²) in [5.74, 6) is -0.710. The molecule has 0 spiro atoms. The number of hydrogen-bond acceptors (Lipinski definition) is 3. The smallest absolute Gasteiger partial charge is 0.257 e. The average Bonchev–Trinajstić information content (AvgIpc) is 2.73. The number of carbonyl (C=O) groups excluding carboxylic acids is 2. The van der Waals surface area contributed by atoms with Gasteiger partial charge in [0, 0.05) is 31.0 Å². The summed E-state index contributed by atoms with van der Waals surface area (Å²) in [7, 11) is 0. The van der Waals surface area contributed by atoms with Crippen molar-refractivity contribution in [2.24, 2.45) is 0 Å². The second kappa shape index (κ2) is 9.80. The molecular weight excluding hydrogens is 397 g/mol. The standard InChI is InChI=1S/C21H23Cl2N3O2/c22-19(23)21(28)25-16-9-10-18(26-11-5-2-6-12-26)17(13-16)20(27)24-14-15-7-3-1-4-8-15/h1,3-4,7-10,13,19H,2,5-6,11-12,14H2,(H,24,27)(H,25,28). The van der Waals surface area contributed by atoms with Crippen molar-refractivity contribution in [3.8, 4) is 0 Å². The summed E-state index contributed by atoms with van der Waals surface area (Å²) >= 11 is 11.2. The van der Waals surface area contributed by atoms with Crippen molar-refractivity contribution < 1.29 is 9.59 Å². The van der Waals surface area contributed by atoms with Crippen LogP contribution in [0.5, 0.6) is 0 Å². The fourth-order valence-corrected chi connectivity index (χ4v) is 3.39. The summed E-state index contributed by atoms with van der Waals surface area (Å²) < 4.78 is 0. The Morgan fingerprint density at radius 3 is 2.39 bits per heavy atom. The Labute approximate surface area is 175 Å². The molecule has 2 amide bonds. The Morgan fingerprint density at radius 2 is 1.71 bits per heavy atom. The van der Waals surface area contributed by atoms with Gasteiger partial charge in [0.2, 0.25) is 0 Å². The zero-order valence-electron chi connectivity index (χ0n) is 15.5. The molecule has 1 heterocycles. The average molecular weight is 420 g/mol. The minimum absolute atomic E-state index is 0.186. The third-order valence-electron chi connectivity index (χ3n) is 4.70. The number of halogens is 2. The lowest BCUT2D eigenvalue weighted by Gasteiger charge is -2.30. The first kappa shape index (κ1) is 20.5. The van der Waals surface area contributed by atoms with E-state index in [0.717, 1.165) is 37.2 Å². The molecule has 0 unspecified atom stereocenters. The highest BCUT2D eigenvalue weighted by atomic mass is 35.5. The summed E-state index contributed by atoms with van der Waals surface area (Å²) in [6, 6.07) is 15.1. The van der Waals surface area contributed by atoms with Crippen LogP contribution in [0.4, 0.5) is 11.4 Å². The van der Waals surface area contributed by atoms with E-state index in [1.54, 1.807) is 12.1 Å². The van der Waals surface area contributed by atoms with Gasteiger partial charge in [-0.2, -0.15) is 0 Å². The van der Waals surface area contributed by atoms with Gasteiger partial charge >= 0.3 is 0 Å². The molecule has 0 bridgehead atoms. The first-order valence-corrected chi connectivity index (χ1v) is 10.2. The number of hydrogen-bond donors (Lipinski definition) is 2. The fraction of sp³-hybridized carbons (Fsp3) is 0.333. The lowest BCUT2D eigenvalue weighted by atomic mass is 10.1. The van der Waals surface area contributed by atoms with Crippen LogP contribution in [0.1, 0.15) is 35.2 Å². The maximum absolute atomic E-state index is 13.0. The summed E-state index contributed by atoms with van der Waals surface area (Å²) in [5, 5.41) is 5.61. The SMILES string of the molecule is O=C(NCc1ccccc1)c1cc(NC(=O)C(Cl)Cl)ccc1N1CCCCC1. The number of nitrogens with one attached hydrogen (secondary N) is 2. The first-order chi connectivity index (χ1) is 13.5. The topological polar surface area (TPSA) is 61.4 Å². The van der Waals surface area contributed by atoms with Gasteiger partial charge in [0.05, 0.1) is 5.56 Å². The second-order valence-electron chi connectivity index (χ2n) is 6.74. The second-order valence-corrected chi connectivity index (χ2v) is 7.83. The van der Waals surface area contributed by atoms with E-state index in [2.05, 4.69) is 15.5 Å². The minimum atomic E-state index is -1.17. The molecule has 1 saturated heterocycles. The Hall–Kier alpha value is -2.24. The van der Waals surface area contributed by atoms with Crippen LogP contribution in [-0.4, -0.2) is 29.7 Å². The lowest BCUT2D eigenvalue weighted by molar-refractivity contribution is -0.114. The molecule has 2 N–H and O–H groups in total. The molecule has 1 aliphatic rings. The van der Waals surface area contributed by atoms with Gasteiger partial charge in [-0.25, -0.2) is 0 Å². The highest BCUT2D eigenvalue weighted by Crippen LogP contribution is 2.27. The van der Waals surface area contributed by atoms with E-state index in [0.29, 0.717) is 17.8 Å². The van der Waals surface area contributed by atoms with E-state index in [4.69, 9.17) is 23.2 Å².